The number of imidazole rings is 1. The van der Waals surface area contributed by atoms with E-state index in [0.717, 1.165) is 16.7 Å². The van der Waals surface area contributed by atoms with Gasteiger partial charge in [0.15, 0.2) is 0 Å². The van der Waals surface area contributed by atoms with Crippen LogP contribution in [0.2, 0.25) is 0 Å². The average molecular weight is 332 g/mol. The Bertz CT molecular complexity index is 771. The molecule has 24 heavy (non-hydrogen) atoms. The molecule has 0 bridgehead atoms. The molecule has 3 rings (SSSR count). The summed E-state index contributed by atoms with van der Waals surface area (Å²) in [5.41, 5.74) is 8.41. The minimum absolute atomic E-state index is 0.0608. The molecule has 0 aliphatic carbocycles. The molecule has 0 saturated carbocycles. The van der Waals surface area contributed by atoms with Crippen LogP contribution in [0.15, 0.2) is 18.2 Å². The fraction of sp³-hybridized carbons (Fsp3) is 0.438. The first-order chi connectivity index (χ1) is 11.6. The number of amides is 1. The van der Waals surface area contributed by atoms with Gasteiger partial charge in [-0.25, -0.2) is 4.98 Å². The Morgan fingerprint density at radius 3 is 3.04 bits per heavy atom. The monoisotopic (exact) mass is 332 g/mol. The Kier molecular flexibility index (Phi) is 4.66. The van der Waals surface area contributed by atoms with Gasteiger partial charge in [0, 0.05) is 25.7 Å². The number of carbonyl (C=O) groups excluding carboxylic acids is 2. The summed E-state index contributed by atoms with van der Waals surface area (Å²) in [6.45, 7) is 3.49. The van der Waals surface area contributed by atoms with Crippen molar-refractivity contribution in [2.45, 2.75) is 19.9 Å². The van der Waals surface area contributed by atoms with E-state index in [9.17, 15) is 9.59 Å². The Hall–Kier alpha value is -2.61. The first kappa shape index (κ1) is 16.3. The molecule has 2 heterocycles. The third-order valence-corrected chi connectivity index (χ3v) is 3.89. The maximum atomic E-state index is 11.9. The number of fused-ring (bicyclic) bond motifs is 1. The van der Waals surface area contributed by atoms with Crippen LogP contribution in [0.4, 0.5) is 11.6 Å². The van der Waals surface area contributed by atoms with Gasteiger partial charge in [0.2, 0.25) is 5.95 Å². The standard InChI is InChI=1S/C16H20N4O4/c1-11(21)24-7-2-5-20-14-4-3-12(9-13(14)18-16(20)17)19-6-8-23-10-15(19)22/h3-4,9H,2,5-8,10H2,1H3,(H2,17,18). The van der Waals surface area contributed by atoms with Crippen molar-refractivity contribution in [1.29, 1.82) is 0 Å². The minimum Gasteiger partial charge on any atom is -0.466 e. The highest BCUT2D eigenvalue weighted by Gasteiger charge is 2.21. The third-order valence-electron chi connectivity index (χ3n) is 3.89. The number of aromatic nitrogens is 2. The number of aryl methyl sites for hydroxylation is 1. The fourth-order valence-corrected chi connectivity index (χ4v) is 2.77. The number of benzene rings is 1. The van der Waals surface area contributed by atoms with Crippen molar-refractivity contribution >= 4 is 34.5 Å². The lowest BCUT2D eigenvalue weighted by atomic mass is 10.2. The summed E-state index contributed by atoms with van der Waals surface area (Å²) < 4.78 is 12.0. The Balaban J connectivity index is 1.79. The molecule has 1 fully saturated rings. The summed E-state index contributed by atoms with van der Waals surface area (Å²) in [4.78, 5) is 28.8. The molecule has 1 saturated heterocycles. The number of nitrogen functional groups attached to an aromatic ring is 1. The van der Waals surface area contributed by atoms with Gasteiger partial charge >= 0.3 is 5.97 Å². The zero-order chi connectivity index (χ0) is 17.1. The molecule has 2 N–H and O–H groups in total. The Labute approximate surface area is 139 Å². The van der Waals surface area contributed by atoms with E-state index in [1.165, 1.54) is 6.92 Å². The van der Waals surface area contributed by atoms with Crippen LogP contribution < -0.4 is 10.6 Å². The summed E-state index contributed by atoms with van der Waals surface area (Å²) in [7, 11) is 0. The van der Waals surface area contributed by atoms with Crippen LogP contribution in [-0.2, 0) is 25.6 Å². The highest BCUT2D eigenvalue weighted by Crippen LogP contribution is 2.25. The fourth-order valence-electron chi connectivity index (χ4n) is 2.77. The molecule has 0 radical (unpaired) electrons. The third kappa shape index (κ3) is 3.33. The minimum atomic E-state index is -0.293. The van der Waals surface area contributed by atoms with Gasteiger partial charge in [0.1, 0.15) is 6.61 Å². The van der Waals surface area contributed by atoms with Crippen molar-refractivity contribution in [3.8, 4) is 0 Å². The molecule has 8 nitrogen and oxygen atoms in total. The molecule has 0 unspecified atom stereocenters. The molecule has 1 aliphatic heterocycles. The number of carbonyl (C=O) groups is 2. The van der Waals surface area contributed by atoms with E-state index in [-0.39, 0.29) is 18.5 Å². The van der Waals surface area contributed by atoms with Crippen LogP contribution >= 0.6 is 0 Å². The van der Waals surface area contributed by atoms with Crippen molar-refractivity contribution in [3.05, 3.63) is 18.2 Å². The lowest BCUT2D eigenvalue weighted by Crippen LogP contribution is -2.41. The Morgan fingerprint density at radius 1 is 1.46 bits per heavy atom. The molecule has 1 aromatic carbocycles. The smallest absolute Gasteiger partial charge is 0.302 e. The van der Waals surface area contributed by atoms with E-state index >= 15 is 0 Å². The van der Waals surface area contributed by atoms with E-state index in [1.807, 2.05) is 22.8 Å². The first-order valence-electron chi connectivity index (χ1n) is 7.83. The number of nitrogens with two attached hydrogens (primary N) is 1. The number of anilines is 2. The molecule has 2 aromatic rings. The number of rotatable bonds is 5. The predicted octanol–water partition coefficient (Wildman–Crippen LogP) is 0.935. The molecule has 8 heteroatoms. The van der Waals surface area contributed by atoms with Gasteiger partial charge in [-0.15, -0.1) is 0 Å². The second-order valence-corrected chi connectivity index (χ2v) is 5.59. The van der Waals surface area contributed by atoms with Gasteiger partial charge in [-0.3, -0.25) is 9.59 Å². The lowest BCUT2D eigenvalue weighted by molar-refractivity contribution is -0.141. The molecule has 0 spiro atoms. The van der Waals surface area contributed by atoms with Crippen molar-refractivity contribution in [2.75, 3.05) is 37.0 Å². The quantitative estimate of drug-likeness (QED) is 0.646. The largest absolute Gasteiger partial charge is 0.466 e. The molecular weight excluding hydrogens is 312 g/mol. The van der Waals surface area contributed by atoms with E-state index in [0.29, 0.717) is 38.7 Å². The van der Waals surface area contributed by atoms with Crippen LogP contribution in [0.3, 0.4) is 0 Å². The zero-order valence-corrected chi connectivity index (χ0v) is 13.5. The van der Waals surface area contributed by atoms with Gasteiger partial charge in [0.25, 0.3) is 5.91 Å². The van der Waals surface area contributed by atoms with Crippen LogP contribution in [-0.4, -0.2) is 47.8 Å². The molecular formula is C16H20N4O4. The molecule has 1 aromatic heterocycles. The first-order valence-corrected chi connectivity index (χ1v) is 7.83. The van der Waals surface area contributed by atoms with E-state index in [4.69, 9.17) is 15.2 Å². The maximum absolute atomic E-state index is 11.9. The lowest BCUT2D eigenvalue weighted by Gasteiger charge is -2.26. The predicted molar refractivity (Wildman–Crippen MR) is 88.6 cm³/mol. The zero-order valence-electron chi connectivity index (χ0n) is 13.5. The molecule has 0 atom stereocenters. The number of esters is 1. The molecule has 1 amide bonds. The molecule has 128 valence electrons. The highest BCUT2D eigenvalue weighted by molar-refractivity contribution is 5.96. The van der Waals surface area contributed by atoms with Crippen molar-refractivity contribution in [2.24, 2.45) is 0 Å². The summed E-state index contributed by atoms with van der Waals surface area (Å²) in [5, 5.41) is 0. The van der Waals surface area contributed by atoms with Gasteiger partial charge in [0.05, 0.1) is 24.2 Å². The van der Waals surface area contributed by atoms with Crippen molar-refractivity contribution in [3.63, 3.8) is 0 Å². The number of nitrogens with zero attached hydrogens (tertiary/aromatic N) is 3. The topological polar surface area (TPSA) is 99.7 Å². The second kappa shape index (κ2) is 6.88. The van der Waals surface area contributed by atoms with Gasteiger partial charge in [-0.1, -0.05) is 0 Å². The highest BCUT2D eigenvalue weighted by atomic mass is 16.5. The van der Waals surface area contributed by atoms with E-state index in [2.05, 4.69) is 4.98 Å². The SMILES string of the molecule is CC(=O)OCCCn1c(N)nc2cc(N3CCOCC3=O)ccc21. The summed E-state index contributed by atoms with van der Waals surface area (Å²) in [6.07, 6.45) is 0.652. The van der Waals surface area contributed by atoms with Crippen LogP contribution in [0.25, 0.3) is 11.0 Å². The average Bonchev–Trinajstić information content (AvgIpc) is 2.86. The van der Waals surface area contributed by atoms with E-state index < -0.39 is 0 Å². The second-order valence-electron chi connectivity index (χ2n) is 5.59. The maximum Gasteiger partial charge on any atom is 0.302 e. The normalized spacial score (nSPS) is 15.0. The molecule has 1 aliphatic rings. The number of hydrogen-bond acceptors (Lipinski definition) is 6. The van der Waals surface area contributed by atoms with Gasteiger partial charge in [-0.2, -0.15) is 0 Å². The van der Waals surface area contributed by atoms with Crippen molar-refractivity contribution in [1.82, 2.24) is 9.55 Å². The summed E-state index contributed by atoms with van der Waals surface area (Å²) in [5.74, 6) is 0.0472. The number of ether oxygens (including phenoxy) is 2. The van der Waals surface area contributed by atoms with Gasteiger partial charge in [-0.05, 0) is 24.6 Å². The van der Waals surface area contributed by atoms with Crippen LogP contribution in [0.5, 0.6) is 0 Å². The van der Waals surface area contributed by atoms with Crippen molar-refractivity contribution < 1.29 is 19.1 Å². The Morgan fingerprint density at radius 2 is 2.29 bits per heavy atom. The van der Waals surface area contributed by atoms with E-state index in [1.54, 1.807) is 4.90 Å². The number of hydrogen-bond donors (Lipinski definition) is 1. The van der Waals surface area contributed by atoms with Gasteiger partial charge < -0.3 is 24.7 Å². The van der Waals surface area contributed by atoms with Crippen LogP contribution in [0, 0.1) is 0 Å². The summed E-state index contributed by atoms with van der Waals surface area (Å²) >= 11 is 0. The summed E-state index contributed by atoms with van der Waals surface area (Å²) in [6, 6.07) is 5.65. The number of morpholine rings is 1. The van der Waals surface area contributed by atoms with Crippen LogP contribution in [0.1, 0.15) is 13.3 Å².